The molecule has 0 radical (unpaired) electrons. The number of carbonyl (C=O) groups excluding carboxylic acids is 1. The first-order valence-electron chi connectivity index (χ1n) is 10.2. The highest BCUT2D eigenvalue weighted by molar-refractivity contribution is 5.98. The lowest BCUT2D eigenvalue weighted by Crippen LogP contribution is -2.31. The number of anilines is 3. The molecule has 0 bridgehead atoms. The largest absolute Gasteiger partial charge is 0.365 e. The fourth-order valence-corrected chi connectivity index (χ4v) is 3.31. The van der Waals surface area contributed by atoms with Crippen molar-refractivity contribution in [1.29, 1.82) is 0 Å². The van der Waals surface area contributed by atoms with Gasteiger partial charge in [0.2, 0.25) is 0 Å². The summed E-state index contributed by atoms with van der Waals surface area (Å²) in [5, 5.41) is 5.97. The van der Waals surface area contributed by atoms with Gasteiger partial charge in [0.15, 0.2) is 11.6 Å². The molecular weight excluding hydrogens is 414 g/mol. The molecular formula is C23H26F2N6O. The summed E-state index contributed by atoms with van der Waals surface area (Å²) in [4.78, 5) is 20.4. The molecule has 32 heavy (non-hydrogen) atoms. The van der Waals surface area contributed by atoms with Crippen molar-refractivity contribution in [3.8, 4) is 11.3 Å². The Morgan fingerprint density at radius 3 is 2.50 bits per heavy atom. The van der Waals surface area contributed by atoms with Crippen LogP contribution in [0.25, 0.3) is 11.3 Å². The van der Waals surface area contributed by atoms with Crippen LogP contribution in [0.2, 0.25) is 0 Å². The van der Waals surface area contributed by atoms with E-state index in [0.29, 0.717) is 29.3 Å². The average molecular weight is 440 g/mol. The van der Waals surface area contributed by atoms with Gasteiger partial charge in [-0.25, -0.2) is 13.8 Å². The zero-order valence-corrected chi connectivity index (χ0v) is 17.9. The molecule has 6 N–H and O–H groups in total. The molecule has 0 saturated carbocycles. The lowest BCUT2D eigenvalue weighted by Gasteiger charge is -2.21. The highest BCUT2D eigenvalue weighted by Crippen LogP contribution is 2.27. The van der Waals surface area contributed by atoms with Gasteiger partial charge < -0.3 is 22.1 Å². The summed E-state index contributed by atoms with van der Waals surface area (Å²) in [5.41, 5.74) is 12.3. The zero-order chi connectivity index (χ0) is 23.3. The SMILES string of the molecule is CC(C)CC(CN)Nc1nc(Nc2ccnc(-c3ccccc3F)c2)c(C(N)=O)cc1F. The van der Waals surface area contributed by atoms with Gasteiger partial charge in [-0.05, 0) is 42.7 Å². The third kappa shape index (κ3) is 5.55. The lowest BCUT2D eigenvalue weighted by atomic mass is 10.0. The fraction of sp³-hybridized carbons (Fsp3) is 0.261. The molecule has 9 heteroatoms. The number of hydrogen-bond donors (Lipinski definition) is 4. The molecule has 0 aliphatic heterocycles. The van der Waals surface area contributed by atoms with Gasteiger partial charge in [0.1, 0.15) is 11.6 Å². The van der Waals surface area contributed by atoms with Crippen LogP contribution in [0, 0.1) is 17.6 Å². The predicted octanol–water partition coefficient (Wildman–Crippen LogP) is 4.05. The molecule has 3 aromatic rings. The Kier molecular flexibility index (Phi) is 7.32. The summed E-state index contributed by atoms with van der Waals surface area (Å²) in [6.07, 6.45) is 2.21. The smallest absolute Gasteiger partial charge is 0.252 e. The number of carbonyl (C=O) groups is 1. The molecule has 0 fully saturated rings. The Bertz CT molecular complexity index is 1110. The normalized spacial score (nSPS) is 11.9. The number of benzene rings is 1. The van der Waals surface area contributed by atoms with Crippen molar-refractivity contribution < 1.29 is 13.6 Å². The van der Waals surface area contributed by atoms with Crippen LogP contribution in [0.4, 0.5) is 26.1 Å². The standard InChI is InChI=1S/C23H26F2N6O/c1-13(2)9-15(12-26)30-23-19(25)11-17(21(27)32)22(31-23)29-14-7-8-28-20(10-14)16-5-3-4-6-18(16)24/h3-8,10-11,13,15H,9,12,26H2,1-2H3,(H2,27,32)(H2,28,29,30,31). The first-order valence-corrected chi connectivity index (χ1v) is 10.2. The Balaban J connectivity index is 1.95. The van der Waals surface area contributed by atoms with Crippen molar-refractivity contribution >= 4 is 23.2 Å². The van der Waals surface area contributed by atoms with Gasteiger partial charge in [0.05, 0.1) is 11.3 Å². The molecule has 2 heterocycles. The average Bonchev–Trinajstić information content (AvgIpc) is 2.75. The molecule has 1 aromatic carbocycles. The van der Waals surface area contributed by atoms with E-state index in [1.54, 1.807) is 30.3 Å². The third-order valence-electron chi connectivity index (χ3n) is 4.80. The number of nitrogens with one attached hydrogen (secondary N) is 2. The highest BCUT2D eigenvalue weighted by Gasteiger charge is 2.19. The number of rotatable bonds is 9. The topological polar surface area (TPSA) is 119 Å². The molecule has 2 aromatic heterocycles. The van der Waals surface area contributed by atoms with E-state index >= 15 is 0 Å². The van der Waals surface area contributed by atoms with Gasteiger partial charge in [-0.1, -0.05) is 26.0 Å². The summed E-state index contributed by atoms with van der Waals surface area (Å²) in [7, 11) is 0. The molecule has 0 aliphatic rings. The summed E-state index contributed by atoms with van der Waals surface area (Å²) in [6.45, 7) is 4.36. The quantitative estimate of drug-likeness (QED) is 0.399. The number of hydrogen-bond acceptors (Lipinski definition) is 6. The number of primary amides is 1. The van der Waals surface area contributed by atoms with E-state index in [2.05, 4.69) is 20.6 Å². The van der Waals surface area contributed by atoms with E-state index in [4.69, 9.17) is 11.5 Å². The van der Waals surface area contributed by atoms with E-state index in [1.807, 2.05) is 13.8 Å². The molecule has 0 spiro atoms. The van der Waals surface area contributed by atoms with Crippen LogP contribution < -0.4 is 22.1 Å². The Morgan fingerprint density at radius 2 is 1.84 bits per heavy atom. The second kappa shape index (κ2) is 10.1. The summed E-state index contributed by atoms with van der Waals surface area (Å²) in [6, 6.07) is 10.3. The number of halogens is 2. The van der Waals surface area contributed by atoms with Crippen molar-refractivity contribution in [3.63, 3.8) is 0 Å². The van der Waals surface area contributed by atoms with Crippen LogP contribution in [0.5, 0.6) is 0 Å². The van der Waals surface area contributed by atoms with Crippen LogP contribution in [-0.2, 0) is 0 Å². The van der Waals surface area contributed by atoms with Crippen molar-refractivity contribution in [3.05, 3.63) is 65.9 Å². The summed E-state index contributed by atoms with van der Waals surface area (Å²) >= 11 is 0. The number of nitrogens with zero attached hydrogens (tertiary/aromatic N) is 2. The van der Waals surface area contributed by atoms with E-state index in [9.17, 15) is 13.6 Å². The van der Waals surface area contributed by atoms with Gasteiger partial charge in [0.25, 0.3) is 5.91 Å². The van der Waals surface area contributed by atoms with Crippen LogP contribution in [-0.4, -0.2) is 28.5 Å². The predicted molar refractivity (Wildman–Crippen MR) is 122 cm³/mol. The lowest BCUT2D eigenvalue weighted by molar-refractivity contribution is 0.100. The van der Waals surface area contributed by atoms with E-state index < -0.39 is 17.5 Å². The molecule has 1 atom stereocenters. The van der Waals surface area contributed by atoms with E-state index in [1.165, 1.54) is 12.3 Å². The summed E-state index contributed by atoms with van der Waals surface area (Å²) < 4.78 is 28.8. The zero-order valence-electron chi connectivity index (χ0n) is 17.9. The van der Waals surface area contributed by atoms with Crippen LogP contribution in [0.1, 0.15) is 30.6 Å². The maximum atomic E-state index is 14.6. The fourth-order valence-electron chi connectivity index (χ4n) is 3.31. The number of aromatic nitrogens is 2. The molecule has 1 amide bonds. The summed E-state index contributed by atoms with van der Waals surface area (Å²) in [5.74, 6) is -1.61. The third-order valence-corrected chi connectivity index (χ3v) is 4.80. The van der Waals surface area contributed by atoms with Crippen molar-refractivity contribution in [1.82, 2.24) is 9.97 Å². The Morgan fingerprint density at radius 1 is 1.09 bits per heavy atom. The molecule has 0 saturated heterocycles. The van der Waals surface area contributed by atoms with Gasteiger partial charge >= 0.3 is 0 Å². The van der Waals surface area contributed by atoms with E-state index in [0.717, 1.165) is 6.07 Å². The molecule has 7 nitrogen and oxygen atoms in total. The minimum Gasteiger partial charge on any atom is -0.365 e. The first kappa shape index (κ1) is 23.1. The molecule has 168 valence electrons. The first-order chi connectivity index (χ1) is 15.3. The number of nitrogens with two attached hydrogens (primary N) is 2. The van der Waals surface area contributed by atoms with Crippen LogP contribution in [0.3, 0.4) is 0 Å². The Labute approximate surface area is 185 Å². The minimum atomic E-state index is -0.841. The van der Waals surface area contributed by atoms with Gasteiger partial charge in [-0.2, -0.15) is 0 Å². The second-order valence-electron chi connectivity index (χ2n) is 7.82. The van der Waals surface area contributed by atoms with E-state index in [-0.39, 0.29) is 29.8 Å². The van der Waals surface area contributed by atoms with Gasteiger partial charge in [-0.3, -0.25) is 9.78 Å². The van der Waals surface area contributed by atoms with Crippen molar-refractivity contribution in [2.45, 2.75) is 26.3 Å². The second-order valence-corrected chi connectivity index (χ2v) is 7.82. The Hall–Kier alpha value is -3.59. The minimum absolute atomic E-state index is 0.0445. The number of pyridine rings is 2. The molecule has 1 unspecified atom stereocenters. The van der Waals surface area contributed by atoms with Crippen LogP contribution >= 0.6 is 0 Å². The maximum absolute atomic E-state index is 14.6. The monoisotopic (exact) mass is 440 g/mol. The highest BCUT2D eigenvalue weighted by atomic mass is 19.1. The maximum Gasteiger partial charge on any atom is 0.252 e. The van der Waals surface area contributed by atoms with Crippen LogP contribution in [0.15, 0.2) is 48.7 Å². The van der Waals surface area contributed by atoms with Gasteiger partial charge in [0, 0.05) is 30.0 Å². The van der Waals surface area contributed by atoms with Gasteiger partial charge in [-0.15, -0.1) is 0 Å². The molecule has 0 aliphatic carbocycles. The van der Waals surface area contributed by atoms with Crippen molar-refractivity contribution in [2.24, 2.45) is 17.4 Å². The molecule has 3 rings (SSSR count). The van der Waals surface area contributed by atoms with Crippen molar-refractivity contribution in [2.75, 3.05) is 17.2 Å². The number of amides is 1.